The molecule has 4 heterocycles. The summed E-state index contributed by atoms with van der Waals surface area (Å²) < 4.78 is 2.63. The molecule has 0 spiro atoms. The molecule has 0 amide bonds. The average molecular weight is 941 g/mol. The van der Waals surface area contributed by atoms with Crippen molar-refractivity contribution in [1.29, 1.82) is 0 Å². The monoisotopic (exact) mass is 940 g/mol. The summed E-state index contributed by atoms with van der Waals surface area (Å²) in [5, 5.41) is 0. The second kappa shape index (κ2) is 19.1. The van der Waals surface area contributed by atoms with E-state index < -0.39 is 10.8 Å². The number of rotatable bonds is 20. The Morgan fingerprint density at radius 3 is 1.09 bits per heavy atom. The van der Waals surface area contributed by atoms with Crippen LogP contribution in [0.1, 0.15) is 177 Å². The van der Waals surface area contributed by atoms with E-state index in [4.69, 9.17) is 0 Å². The summed E-state index contributed by atoms with van der Waals surface area (Å²) in [6.45, 7) is 8.89. The topological polar surface area (TPSA) is 34.1 Å². The summed E-state index contributed by atoms with van der Waals surface area (Å²) in [6, 6.07) is 41.8. The zero-order valence-corrected chi connectivity index (χ0v) is 42.2. The Bertz CT molecular complexity index is 2790. The van der Waals surface area contributed by atoms with Crippen LogP contribution in [0, 0.1) is 13.8 Å². The maximum Gasteiger partial charge on any atom is 0.160 e. The van der Waals surface area contributed by atoms with Gasteiger partial charge in [-0.25, -0.2) is 0 Å². The Kier molecular flexibility index (Phi) is 13.1. The Morgan fingerprint density at radius 2 is 0.742 bits per heavy atom. The minimum absolute atomic E-state index is 0.622. The molecule has 0 radical (unpaired) electrons. The van der Waals surface area contributed by atoms with Crippen LogP contribution in [0.15, 0.2) is 109 Å². The molecule has 4 aromatic carbocycles. The van der Waals surface area contributed by atoms with Crippen molar-refractivity contribution in [3.8, 4) is 19.5 Å². The van der Waals surface area contributed by atoms with Gasteiger partial charge in [0, 0.05) is 11.1 Å². The van der Waals surface area contributed by atoms with Crippen LogP contribution >= 0.6 is 45.3 Å². The first-order valence-corrected chi connectivity index (χ1v) is 27.8. The molecule has 0 saturated heterocycles. The van der Waals surface area contributed by atoms with Gasteiger partial charge in [0.1, 0.15) is 0 Å². The molecule has 4 aromatic heterocycles. The van der Waals surface area contributed by atoms with Crippen LogP contribution in [0.2, 0.25) is 0 Å². The molecule has 0 aliphatic heterocycles. The van der Waals surface area contributed by atoms with E-state index in [-0.39, 0.29) is 0 Å². The number of carbonyl (C=O) groups is 2. The number of aryl methyl sites for hydroxylation is 4. The molecule has 0 bridgehead atoms. The van der Waals surface area contributed by atoms with E-state index in [2.05, 4.69) is 137 Å². The van der Waals surface area contributed by atoms with Gasteiger partial charge in [-0.05, 0) is 96.2 Å². The number of hydrogen-bond donors (Lipinski definition) is 0. The number of thiophene rings is 4. The lowest BCUT2D eigenvalue weighted by molar-refractivity contribution is 0.111. The predicted octanol–water partition coefficient (Wildman–Crippen LogP) is 17.9. The van der Waals surface area contributed by atoms with E-state index in [1.54, 1.807) is 22.7 Å². The lowest BCUT2D eigenvalue weighted by atomic mass is 9.67. The van der Waals surface area contributed by atoms with Gasteiger partial charge in [0.2, 0.25) is 0 Å². The molecule has 10 rings (SSSR count). The fourth-order valence-corrected chi connectivity index (χ4v) is 16.7. The molecule has 6 heteroatoms. The van der Waals surface area contributed by atoms with Crippen LogP contribution in [0.4, 0.5) is 0 Å². The second-order valence-corrected chi connectivity index (χ2v) is 23.2. The number of benzene rings is 4. The quantitative estimate of drug-likeness (QED) is 0.0564. The third-order valence-electron chi connectivity index (χ3n) is 14.6. The summed E-state index contributed by atoms with van der Waals surface area (Å²) in [4.78, 5) is 32.0. The summed E-state index contributed by atoms with van der Waals surface area (Å²) in [5.41, 5.74) is 14.0. The fourth-order valence-electron chi connectivity index (χ4n) is 11.2. The van der Waals surface area contributed by atoms with Crippen molar-refractivity contribution < 1.29 is 9.59 Å². The summed E-state index contributed by atoms with van der Waals surface area (Å²) in [5.74, 6) is 0. The van der Waals surface area contributed by atoms with Gasteiger partial charge in [0.25, 0.3) is 0 Å². The Morgan fingerprint density at radius 1 is 0.409 bits per heavy atom. The fraction of sp³-hybridized carbons (Fsp3) is 0.333. The molecular formula is C60H60O2S4. The van der Waals surface area contributed by atoms with Crippen LogP contribution in [-0.2, 0) is 23.7 Å². The molecule has 336 valence electrons. The number of fused-ring (bicyclic) bond motifs is 9. The average Bonchev–Trinajstić information content (AvgIpc) is 4.19. The van der Waals surface area contributed by atoms with Crippen molar-refractivity contribution in [2.24, 2.45) is 0 Å². The predicted molar refractivity (Wildman–Crippen MR) is 284 cm³/mol. The molecule has 1 unspecified atom stereocenters. The van der Waals surface area contributed by atoms with Gasteiger partial charge in [-0.2, -0.15) is 0 Å². The van der Waals surface area contributed by atoms with E-state index in [1.165, 1.54) is 173 Å². The van der Waals surface area contributed by atoms with Gasteiger partial charge in [-0.1, -0.05) is 186 Å². The number of carbonyl (C=O) groups excluding carboxylic acids is 2. The first kappa shape index (κ1) is 45.1. The lowest BCUT2D eigenvalue weighted by Crippen LogP contribution is -2.29. The molecular weight excluding hydrogens is 881 g/mol. The smallest absolute Gasteiger partial charge is 0.160 e. The van der Waals surface area contributed by atoms with E-state index in [9.17, 15) is 9.59 Å². The second-order valence-electron chi connectivity index (χ2n) is 19.0. The number of unbranched alkanes of at least 4 members (excludes halogenated alkanes) is 10. The molecule has 0 saturated carbocycles. The Labute approximate surface area is 407 Å². The van der Waals surface area contributed by atoms with Crippen molar-refractivity contribution in [1.82, 2.24) is 0 Å². The number of hydrogen-bond acceptors (Lipinski definition) is 6. The van der Waals surface area contributed by atoms with Crippen molar-refractivity contribution >= 4 is 67.3 Å². The lowest BCUT2D eigenvalue weighted by Gasteiger charge is -2.34. The molecule has 8 aromatic rings. The van der Waals surface area contributed by atoms with Crippen LogP contribution < -0.4 is 0 Å². The van der Waals surface area contributed by atoms with Crippen molar-refractivity contribution in [2.75, 3.05) is 0 Å². The number of aldehydes is 2. The molecule has 2 aliphatic carbocycles. The zero-order chi connectivity index (χ0) is 45.4. The minimum Gasteiger partial charge on any atom is -0.297 e. The van der Waals surface area contributed by atoms with Gasteiger partial charge in [0.05, 0.1) is 49.5 Å². The molecule has 2 atom stereocenters. The van der Waals surface area contributed by atoms with Gasteiger partial charge >= 0.3 is 0 Å². The van der Waals surface area contributed by atoms with E-state index in [0.717, 1.165) is 35.2 Å². The van der Waals surface area contributed by atoms with Gasteiger partial charge in [-0.15, -0.1) is 45.3 Å². The summed E-state index contributed by atoms with van der Waals surface area (Å²) >= 11 is 7.14. The summed E-state index contributed by atoms with van der Waals surface area (Å²) in [7, 11) is 0. The van der Waals surface area contributed by atoms with Gasteiger partial charge in [-0.3, -0.25) is 9.59 Å². The SMILES string of the molecule is CCCCCCCCc1ccc(C2(c3ccc(C)cc3)c3cc(C=O)sc3-c3sc4c5c(sc4c32)-c2sc(C=O)cc2[C@]5(c2ccc(C)cc2)c2ccc(CCCCCCCC)cc2)cc1. The van der Waals surface area contributed by atoms with E-state index in [1.807, 2.05) is 22.7 Å². The molecule has 0 fully saturated rings. The van der Waals surface area contributed by atoms with E-state index >= 15 is 0 Å². The van der Waals surface area contributed by atoms with Gasteiger partial charge in [0.15, 0.2) is 12.6 Å². The van der Waals surface area contributed by atoms with Crippen LogP contribution in [0.25, 0.3) is 28.9 Å². The molecule has 0 N–H and O–H groups in total. The third-order valence-corrected chi connectivity index (χ3v) is 19.6. The van der Waals surface area contributed by atoms with Gasteiger partial charge < -0.3 is 0 Å². The van der Waals surface area contributed by atoms with Crippen molar-refractivity contribution in [3.05, 3.63) is 186 Å². The van der Waals surface area contributed by atoms with Crippen LogP contribution in [0.5, 0.6) is 0 Å². The maximum absolute atomic E-state index is 12.8. The third kappa shape index (κ3) is 7.55. The maximum atomic E-state index is 12.8. The molecule has 2 aliphatic rings. The Balaban J connectivity index is 1.18. The standard InChI is InChI=1S/C60H60O2S4/c1-5-7-9-11-13-15-17-41-23-31-45(32-24-41)59(43-27-19-39(3)20-28-43)49-35-47(37-61)63-53(49)55-51(59)57-58(65-55)52-56(66-57)54-50(36-48(38-62)64-54)60(52,44-29-21-40(4)22-30-44)46-33-25-42(26-34-46)18-16-14-12-10-8-6-2/h19-38H,5-18H2,1-4H3/t59-,60?/m0/s1. The van der Waals surface area contributed by atoms with E-state index in [0.29, 0.717) is 0 Å². The minimum atomic E-state index is -0.622. The molecule has 2 nitrogen and oxygen atoms in total. The van der Waals surface area contributed by atoms with Crippen LogP contribution in [0.3, 0.4) is 0 Å². The largest absolute Gasteiger partial charge is 0.297 e. The highest BCUT2D eigenvalue weighted by molar-refractivity contribution is 7.34. The first-order chi connectivity index (χ1) is 32.4. The highest BCUT2D eigenvalue weighted by atomic mass is 32.1. The first-order valence-electron chi connectivity index (χ1n) is 24.5. The van der Waals surface area contributed by atoms with Crippen LogP contribution in [-0.4, -0.2) is 12.6 Å². The van der Waals surface area contributed by atoms with Crippen molar-refractivity contribution in [2.45, 2.75) is 128 Å². The zero-order valence-electron chi connectivity index (χ0n) is 38.9. The van der Waals surface area contributed by atoms with Crippen molar-refractivity contribution in [3.63, 3.8) is 0 Å². The highest BCUT2D eigenvalue weighted by Gasteiger charge is 2.55. The Hall–Kier alpha value is -4.72. The highest BCUT2D eigenvalue weighted by Crippen LogP contribution is 2.69. The molecule has 66 heavy (non-hydrogen) atoms. The normalized spacial score (nSPS) is 17.0. The summed E-state index contributed by atoms with van der Waals surface area (Å²) in [6.07, 6.45) is 19.7.